The molecule has 17 heavy (non-hydrogen) atoms. The number of nitrogens with two attached hydrogens (primary N) is 1. The average molecular weight is 228 g/mol. The average Bonchev–Trinajstić information content (AvgIpc) is 2.82. The standard InChI is InChI=1S/C13H16N4/c14-9-5-6-11-12(7-9)15-8-16-13(11)17-10-3-1-2-4-10/h5-8,10H,1-4,14H2,(H,15,16,17). The van der Waals surface area contributed by atoms with Crippen LogP contribution in [0.4, 0.5) is 11.5 Å². The first kappa shape index (κ1) is 10.3. The predicted octanol–water partition coefficient (Wildman–Crippen LogP) is 2.57. The van der Waals surface area contributed by atoms with Crippen molar-refractivity contribution in [1.82, 2.24) is 9.97 Å². The first-order valence-electron chi connectivity index (χ1n) is 6.10. The second-order valence-electron chi connectivity index (χ2n) is 4.62. The van der Waals surface area contributed by atoms with Crippen LogP contribution in [0.1, 0.15) is 25.7 Å². The van der Waals surface area contributed by atoms with Crippen LogP contribution in [0.2, 0.25) is 0 Å². The molecule has 1 fully saturated rings. The molecule has 0 atom stereocenters. The van der Waals surface area contributed by atoms with Gasteiger partial charge in [0.05, 0.1) is 5.52 Å². The zero-order valence-electron chi connectivity index (χ0n) is 9.69. The monoisotopic (exact) mass is 228 g/mol. The van der Waals surface area contributed by atoms with E-state index in [1.54, 1.807) is 6.33 Å². The van der Waals surface area contributed by atoms with Gasteiger partial charge in [0.15, 0.2) is 0 Å². The maximum absolute atomic E-state index is 5.76. The molecule has 4 heteroatoms. The lowest BCUT2D eigenvalue weighted by molar-refractivity contribution is 0.751. The number of nitrogens with zero attached hydrogens (tertiary/aromatic N) is 2. The zero-order valence-corrected chi connectivity index (χ0v) is 9.69. The molecule has 1 aromatic carbocycles. The summed E-state index contributed by atoms with van der Waals surface area (Å²) in [6.45, 7) is 0. The van der Waals surface area contributed by atoms with Crippen molar-refractivity contribution in [3.63, 3.8) is 0 Å². The first-order valence-corrected chi connectivity index (χ1v) is 6.10. The predicted molar refractivity (Wildman–Crippen MR) is 69.8 cm³/mol. The summed E-state index contributed by atoms with van der Waals surface area (Å²) in [5.41, 5.74) is 7.40. The third kappa shape index (κ3) is 2.02. The van der Waals surface area contributed by atoms with Crippen molar-refractivity contribution in [1.29, 1.82) is 0 Å². The van der Waals surface area contributed by atoms with E-state index in [9.17, 15) is 0 Å². The van der Waals surface area contributed by atoms with E-state index in [0.29, 0.717) is 6.04 Å². The first-order chi connectivity index (χ1) is 8.33. The van der Waals surface area contributed by atoms with Crippen LogP contribution in [0.25, 0.3) is 10.9 Å². The molecule has 0 saturated heterocycles. The molecule has 0 bridgehead atoms. The number of benzene rings is 1. The van der Waals surface area contributed by atoms with Crippen molar-refractivity contribution in [3.8, 4) is 0 Å². The van der Waals surface area contributed by atoms with Gasteiger partial charge in [0.25, 0.3) is 0 Å². The summed E-state index contributed by atoms with van der Waals surface area (Å²) < 4.78 is 0. The summed E-state index contributed by atoms with van der Waals surface area (Å²) in [5.74, 6) is 0.932. The van der Waals surface area contributed by atoms with E-state index < -0.39 is 0 Å². The number of hydrogen-bond donors (Lipinski definition) is 2. The van der Waals surface area contributed by atoms with Crippen LogP contribution in [-0.4, -0.2) is 16.0 Å². The molecular weight excluding hydrogens is 212 g/mol. The Kier molecular flexibility index (Phi) is 2.55. The van der Waals surface area contributed by atoms with Gasteiger partial charge >= 0.3 is 0 Å². The van der Waals surface area contributed by atoms with Gasteiger partial charge in [0.1, 0.15) is 12.1 Å². The smallest absolute Gasteiger partial charge is 0.137 e. The van der Waals surface area contributed by atoms with Gasteiger partial charge in [-0.15, -0.1) is 0 Å². The van der Waals surface area contributed by atoms with Gasteiger partial charge in [-0.1, -0.05) is 12.8 Å². The Morgan fingerprint density at radius 1 is 1.18 bits per heavy atom. The maximum atomic E-state index is 5.76. The van der Waals surface area contributed by atoms with Gasteiger partial charge in [0, 0.05) is 17.1 Å². The van der Waals surface area contributed by atoms with Gasteiger partial charge in [0.2, 0.25) is 0 Å². The van der Waals surface area contributed by atoms with Crippen molar-refractivity contribution in [2.45, 2.75) is 31.7 Å². The minimum Gasteiger partial charge on any atom is -0.399 e. The summed E-state index contributed by atoms with van der Waals surface area (Å²) in [6.07, 6.45) is 6.70. The summed E-state index contributed by atoms with van der Waals surface area (Å²) in [5, 5.41) is 4.56. The van der Waals surface area contributed by atoms with Crippen LogP contribution in [0, 0.1) is 0 Å². The molecule has 2 aromatic rings. The fourth-order valence-electron chi connectivity index (χ4n) is 2.45. The maximum Gasteiger partial charge on any atom is 0.137 e. The highest BCUT2D eigenvalue weighted by Crippen LogP contribution is 2.26. The molecule has 4 nitrogen and oxygen atoms in total. The lowest BCUT2D eigenvalue weighted by Crippen LogP contribution is -2.15. The van der Waals surface area contributed by atoms with Gasteiger partial charge < -0.3 is 11.1 Å². The molecule has 1 saturated carbocycles. The highest BCUT2D eigenvalue weighted by Gasteiger charge is 2.16. The Morgan fingerprint density at radius 3 is 2.82 bits per heavy atom. The number of hydrogen-bond acceptors (Lipinski definition) is 4. The third-order valence-corrected chi connectivity index (χ3v) is 3.36. The molecule has 1 heterocycles. The molecule has 0 unspecified atom stereocenters. The molecule has 88 valence electrons. The van der Waals surface area contributed by atoms with E-state index in [-0.39, 0.29) is 0 Å². The SMILES string of the molecule is Nc1ccc2c(NC3CCCC3)ncnc2c1. The number of nitrogens with one attached hydrogen (secondary N) is 1. The topological polar surface area (TPSA) is 63.8 Å². The quantitative estimate of drug-likeness (QED) is 0.775. The summed E-state index contributed by atoms with van der Waals surface area (Å²) in [4.78, 5) is 8.58. The van der Waals surface area contributed by atoms with E-state index >= 15 is 0 Å². The van der Waals surface area contributed by atoms with E-state index in [0.717, 1.165) is 22.4 Å². The van der Waals surface area contributed by atoms with E-state index in [4.69, 9.17) is 5.73 Å². The van der Waals surface area contributed by atoms with Crippen LogP contribution < -0.4 is 11.1 Å². The summed E-state index contributed by atoms with van der Waals surface area (Å²) in [7, 11) is 0. The molecule has 0 spiro atoms. The Hall–Kier alpha value is -1.84. The fraction of sp³-hybridized carbons (Fsp3) is 0.385. The van der Waals surface area contributed by atoms with Gasteiger partial charge in [-0.05, 0) is 31.0 Å². The highest BCUT2D eigenvalue weighted by molar-refractivity contribution is 5.90. The van der Waals surface area contributed by atoms with E-state index in [1.807, 2.05) is 18.2 Å². The minimum atomic E-state index is 0.561. The van der Waals surface area contributed by atoms with Crippen LogP contribution >= 0.6 is 0 Å². The minimum absolute atomic E-state index is 0.561. The number of aromatic nitrogens is 2. The molecule has 0 radical (unpaired) electrons. The number of rotatable bonds is 2. The van der Waals surface area contributed by atoms with Gasteiger partial charge in [-0.3, -0.25) is 0 Å². The number of anilines is 2. The molecule has 1 aromatic heterocycles. The van der Waals surface area contributed by atoms with Crippen LogP contribution in [0.3, 0.4) is 0 Å². The van der Waals surface area contributed by atoms with Crippen molar-refractivity contribution in [2.24, 2.45) is 0 Å². The lowest BCUT2D eigenvalue weighted by Gasteiger charge is -2.14. The van der Waals surface area contributed by atoms with Crippen LogP contribution in [0.15, 0.2) is 24.5 Å². The molecule has 3 rings (SSSR count). The van der Waals surface area contributed by atoms with Gasteiger partial charge in [-0.2, -0.15) is 0 Å². The zero-order chi connectivity index (χ0) is 11.7. The fourth-order valence-corrected chi connectivity index (χ4v) is 2.45. The highest BCUT2D eigenvalue weighted by atomic mass is 15.0. The molecular formula is C13H16N4. The molecule has 3 N–H and O–H groups in total. The Bertz CT molecular complexity index is 532. The molecule has 1 aliphatic rings. The van der Waals surface area contributed by atoms with E-state index in [2.05, 4.69) is 15.3 Å². The second kappa shape index (κ2) is 4.20. The molecule has 0 aliphatic heterocycles. The number of nitrogen functional groups attached to an aromatic ring is 1. The third-order valence-electron chi connectivity index (χ3n) is 3.36. The van der Waals surface area contributed by atoms with Gasteiger partial charge in [-0.25, -0.2) is 9.97 Å². The number of fused-ring (bicyclic) bond motifs is 1. The van der Waals surface area contributed by atoms with Crippen molar-refractivity contribution < 1.29 is 0 Å². The van der Waals surface area contributed by atoms with Crippen molar-refractivity contribution >= 4 is 22.4 Å². The van der Waals surface area contributed by atoms with Crippen LogP contribution in [-0.2, 0) is 0 Å². The second-order valence-corrected chi connectivity index (χ2v) is 4.62. The Labute approximate surface area is 100 Å². The summed E-state index contributed by atoms with van der Waals surface area (Å²) in [6, 6.07) is 6.33. The Morgan fingerprint density at radius 2 is 2.00 bits per heavy atom. The molecule has 0 amide bonds. The van der Waals surface area contributed by atoms with E-state index in [1.165, 1.54) is 25.7 Å². The molecule has 1 aliphatic carbocycles. The van der Waals surface area contributed by atoms with Crippen molar-refractivity contribution in [3.05, 3.63) is 24.5 Å². The lowest BCUT2D eigenvalue weighted by atomic mass is 10.2. The largest absolute Gasteiger partial charge is 0.399 e. The van der Waals surface area contributed by atoms with Crippen LogP contribution in [0.5, 0.6) is 0 Å². The summed E-state index contributed by atoms with van der Waals surface area (Å²) >= 11 is 0. The van der Waals surface area contributed by atoms with Crippen molar-refractivity contribution in [2.75, 3.05) is 11.1 Å². The Balaban J connectivity index is 1.97. The normalized spacial score (nSPS) is 16.5.